The summed E-state index contributed by atoms with van der Waals surface area (Å²) >= 11 is 0. The van der Waals surface area contributed by atoms with Gasteiger partial charge in [0.25, 0.3) is 0 Å². The molecular weight excluding hydrogens is 292 g/mol. The lowest BCUT2D eigenvalue weighted by atomic mass is 10.1. The van der Waals surface area contributed by atoms with Gasteiger partial charge >= 0.3 is 0 Å². The highest BCUT2D eigenvalue weighted by atomic mass is 16.5. The van der Waals surface area contributed by atoms with Gasteiger partial charge in [0, 0.05) is 26.2 Å². The molecule has 0 radical (unpaired) electrons. The van der Waals surface area contributed by atoms with Crippen molar-refractivity contribution in [1.29, 1.82) is 0 Å². The van der Waals surface area contributed by atoms with Gasteiger partial charge in [-0.1, -0.05) is 0 Å². The van der Waals surface area contributed by atoms with Crippen LogP contribution in [0.5, 0.6) is 0 Å². The third-order valence-corrected chi connectivity index (χ3v) is 5.18. The van der Waals surface area contributed by atoms with Crippen molar-refractivity contribution in [1.82, 2.24) is 10.2 Å². The smallest absolute Gasteiger partial charge is 0.151 e. The van der Waals surface area contributed by atoms with Crippen molar-refractivity contribution in [3.8, 4) is 0 Å². The molecule has 4 rings (SSSR count). The van der Waals surface area contributed by atoms with Gasteiger partial charge in [-0.25, -0.2) is 0 Å². The van der Waals surface area contributed by atoms with Crippen molar-refractivity contribution in [3.05, 3.63) is 12.1 Å². The van der Waals surface area contributed by atoms with E-state index in [4.69, 9.17) is 4.74 Å². The number of aliphatic hydroxyl groups excluding tert-OH is 1. The molecule has 6 nitrogen and oxygen atoms in total. The number of hydrogen-bond acceptors (Lipinski definition) is 6. The summed E-state index contributed by atoms with van der Waals surface area (Å²) in [5, 5.41) is 18.5. The minimum atomic E-state index is -0.160. The summed E-state index contributed by atoms with van der Waals surface area (Å²) in [7, 11) is 0. The van der Waals surface area contributed by atoms with Crippen molar-refractivity contribution in [2.45, 2.75) is 50.9 Å². The summed E-state index contributed by atoms with van der Waals surface area (Å²) in [5.41, 5.74) is 0. The van der Waals surface area contributed by atoms with Gasteiger partial charge in [-0.05, 0) is 50.7 Å². The fraction of sp³-hybridized carbons (Fsp3) is 0.765. The van der Waals surface area contributed by atoms with Crippen molar-refractivity contribution in [2.75, 3.05) is 36.0 Å². The Morgan fingerprint density at radius 3 is 2.26 bits per heavy atom. The zero-order chi connectivity index (χ0) is 15.8. The van der Waals surface area contributed by atoms with Crippen LogP contribution in [0.15, 0.2) is 12.1 Å². The summed E-state index contributed by atoms with van der Waals surface area (Å²) in [5.74, 6) is 2.61. The third-order valence-electron chi connectivity index (χ3n) is 5.18. The molecule has 3 heterocycles. The van der Waals surface area contributed by atoms with Gasteiger partial charge in [-0.15, -0.1) is 10.2 Å². The first-order valence-electron chi connectivity index (χ1n) is 8.86. The van der Waals surface area contributed by atoms with E-state index in [2.05, 4.69) is 39.1 Å². The van der Waals surface area contributed by atoms with Crippen LogP contribution in [0.4, 0.5) is 11.6 Å². The van der Waals surface area contributed by atoms with Gasteiger partial charge in [0.15, 0.2) is 11.6 Å². The van der Waals surface area contributed by atoms with Crippen LogP contribution in [0.1, 0.15) is 32.6 Å². The van der Waals surface area contributed by atoms with Crippen molar-refractivity contribution in [3.63, 3.8) is 0 Å². The minimum Gasteiger partial charge on any atom is -0.393 e. The molecule has 126 valence electrons. The number of nitrogens with zero attached hydrogens (tertiary/aromatic N) is 4. The molecule has 3 fully saturated rings. The second kappa shape index (κ2) is 6.24. The first-order chi connectivity index (χ1) is 11.2. The minimum absolute atomic E-state index is 0.160. The van der Waals surface area contributed by atoms with Crippen LogP contribution in [0, 0.1) is 5.92 Å². The molecule has 0 amide bonds. The fourth-order valence-corrected chi connectivity index (χ4v) is 3.65. The molecule has 0 unspecified atom stereocenters. The molecule has 2 saturated heterocycles. The summed E-state index contributed by atoms with van der Waals surface area (Å²) in [6.07, 6.45) is 4.67. The number of ether oxygens (including phenoxy) is 1. The van der Waals surface area contributed by atoms with E-state index in [9.17, 15) is 5.11 Å². The van der Waals surface area contributed by atoms with Crippen LogP contribution in [-0.4, -0.2) is 59.8 Å². The lowest BCUT2D eigenvalue weighted by Gasteiger charge is -2.37. The summed E-state index contributed by atoms with van der Waals surface area (Å²) < 4.78 is 6.07. The Morgan fingerprint density at radius 1 is 1.00 bits per heavy atom. The predicted molar refractivity (Wildman–Crippen MR) is 88.8 cm³/mol. The molecule has 1 saturated carbocycles. The lowest BCUT2D eigenvalue weighted by molar-refractivity contribution is -0.0274. The van der Waals surface area contributed by atoms with E-state index in [0.29, 0.717) is 6.10 Å². The van der Waals surface area contributed by atoms with E-state index in [-0.39, 0.29) is 12.2 Å². The monoisotopic (exact) mass is 318 g/mol. The number of rotatable bonds is 3. The van der Waals surface area contributed by atoms with E-state index in [0.717, 1.165) is 56.6 Å². The van der Waals surface area contributed by atoms with Crippen LogP contribution in [0.2, 0.25) is 0 Å². The Kier molecular flexibility index (Phi) is 4.11. The third kappa shape index (κ3) is 3.43. The van der Waals surface area contributed by atoms with Gasteiger partial charge in [-0.2, -0.15) is 0 Å². The number of morpholine rings is 1. The summed E-state index contributed by atoms with van der Waals surface area (Å²) in [6, 6.07) is 4.14. The van der Waals surface area contributed by atoms with Crippen molar-refractivity contribution in [2.24, 2.45) is 5.92 Å². The van der Waals surface area contributed by atoms with E-state index in [1.807, 2.05) is 0 Å². The maximum Gasteiger partial charge on any atom is 0.151 e. The molecule has 6 heteroatoms. The average molecular weight is 318 g/mol. The Morgan fingerprint density at radius 2 is 1.65 bits per heavy atom. The molecule has 3 aliphatic rings. The van der Waals surface area contributed by atoms with Gasteiger partial charge in [0.05, 0.1) is 18.3 Å². The zero-order valence-electron chi connectivity index (χ0n) is 13.8. The van der Waals surface area contributed by atoms with Crippen LogP contribution in [-0.2, 0) is 4.74 Å². The Labute approximate surface area is 137 Å². The maximum absolute atomic E-state index is 9.61. The SMILES string of the molecule is C[C@H]1CN(c2ccc(N3CCC(O)CC3)nn2)C[C@@H](C2CC2)O1. The molecule has 0 spiro atoms. The fourth-order valence-electron chi connectivity index (χ4n) is 3.65. The lowest BCUT2D eigenvalue weighted by Crippen LogP contribution is -2.48. The highest BCUT2D eigenvalue weighted by Gasteiger charge is 2.37. The molecule has 1 aromatic rings. The van der Waals surface area contributed by atoms with Crippen molar-refractivity contribution >= 4 is 11.6 Å². The summed E-state index contributed by atoms with van der Waals surface area (Å²) in [4.78, 5) is 4.52. The second-order valence-corrected chi connectivity index (χ2v) is 7.20. The standard InChI is InChI=1S/C17H26N4O2/c1-12-10-21(11-15(23-12)13-2-3-13)17-5-4-16(18-19-17)20-8-6-14(22)7-9-20/h4-5,12-15,22H,2-3,6-11H2,1H3/t12-,15-/m0/s1. The maximum atomic E-state index is 9.61. The molecule has 2 aliphatic heterocycles. The number of piperidine rings is 1. The first-order valence-corrected chi connectivity index (χ1v) is 8.86. The van der Waals surface area contributed by atoms with Gasteiger partial charge in [0.1, 0.15) is 0 Å². The highest BCUT2D eigenvalue weighted by molar-refractivity contribution is 5.46. The molecule has 23 heavy (non-hydrogen) atoms. The normalized spacial score (nSPS) is 29.8. The second-order valence-electron chi connectivity index (χ2n) is 7.20. The molecule has 2 atom stereocenters. The first kappa shape index (κ1) is 15.1. The quantitative estimate of drug-likeness (QED) is 0.910. The molecule has 0 aromatic carbocycles. The number of hydrogen-bond donors (Lipinski definition) is 1. The topological polar surface area (TPSA) is 61.7 Å². The Hall–Kier alpha value is -1.40. The Balaban J connectivity index is 1.42. The van der Waals surface area contributed by atoms with E-state index in [1.165, 1.54) is 12.8 Å². The number of anilines is 2. The number of aromatic nitrogens is 2. The molecular formula is C17H26N4O2. The van der Waals surface area contributed by atoms with Crippen LogP contribution < -0.4 is 9.80 Å². The van der Waals surface area contributed by atoms with Gasteiger partial charge < -0.3 is 19.6 Å². The van der Waals surface area contributed by atoms with Crippen LogP contribution in [0.25, 0.3) is 0 Å². The number of aliphatic hydroxyl groups is 1. The molecule has 1 aliphatic carbocycles. The molecule has 1 aromatic heterocycles. The zero-order valence-corrected chi connectivity index (χ0v) is 13.8. The average Bonchev–Trinajstić information content (AvgIpc) is 3.40. The Bertz CT molecular complexity index is 526. The van der Waals surface area contributed by atoms with E-state index in [1.54, 1.807) is 0 Å². The van der Waals surface area contributed by atoms with Gasteiger partial charge in [0.2, 0.25) is 0 Å². The largest absolute Gasteiger partial charge is 0.393 e. The molecule has 1 N–H and O–H groups in total. The summed E-state index contributed by atoms with van der Waals surface area (Å²) in [6.45, 7) is 5.66. The van der Waals surface area contributed by atoms with E-state index >= 15 is 0 Å². The van der Waals surface area contributed by atoms with Crippen LogP contribution in [0.3, 0.4) is 0 Å². The highest BCUT2D eigenvalue weighted by Crippen LogP contribution is 2.37. The van der Waals surface area contributed by atoms with Crippen LogP contribution >= 0.6 is 0 Å². The van der Waals surface area contributed by atoms with Gasteiger partial charge in [-0.3, -0.25) is 0 Å². The van der Waals surface area contributed by atoms with Crippen molar-refractivity contribution < 1.29 is 9.84 Å². The van der Waals surface area contributed by atoms with E-state index < -0.39 is 0 Å². The molecule has 0 bridgehead atoms. The predicted octanol–water partition coefficient (Wildman–Crippen LogP) is 1.44.